The molecule has 10 nitrogen and oxygen atoms in total. The Kier molecular flexibility index (Phi) is 4.69. The molecule has 1 aromatic heterocycles. The van der Waals surface area contributed by atoms with E-state index in [1.807, 2.05) is 20.8 Å². The van der Waals surface area contributed by atoms with Crippen LogP contribution in [0.25, 0.3) is 10.4 Å². The molecular formula is C16H21N7O3. The molecule has 1 aromatic rings. The van der Waals surface area contributed by atoms with Crippen LogP contribution in [0.4, 0.5) is 10.7 Å². The SMILES string of the molecule is CC(C)(C)OC(=O)N1Cc2cnc(N3CC(CN=[N+]=[N-])CC3=O)nc2C1. The molecule has 0 aliphatic carbocycles. The minimum absolute atomic E-state index is 0.0338. The monoisotopic (exact) mass is 359 g/mol. The van der Waals surface area contributed by atoms with E-state index in [4.69, 9.17) is 10.3 Å². The van der Waals surface area contributed by atoms with E-state index in [1.165, 1.54) is 4.90 Å². The van der Waals surface area contributed by atoms with E-state index in [0.29, 0.717) is 37.7 Å². The number of nitrogens with zero attached hydrogens (tertiary/aromatic N) is 7. The van der Waals surface area contributed by atoms with Gasteiger partial charge in [-0.05, 0) is 32.2 Å². The van der Waals surface area contributed by atoms with Gasteiger partial charge in [0, 0.05) is 36.2 Å². The van der Waals surface area contributed by atoms with Crippen molar-refractivity contribution < 1.29 is 14.3 Å². The predicted molar refractivity (Wildman–Crippen MR) is 92.0 cm³/mol. The summed E-state index contributed by atoms with van der Waals surface area (Å²) in [6, 6.07) is 0. The molecule has 0 aromatic carbocycles. The molecule has 0 saturated carbocycles. The van der Waals surface area contributed by atoms with Crippen molar-refractivity contribution in [2.45, 2.75) is 45.9 Å². The third kappa shape index (κ3) is 3.85. The first-order valence-electron chi connectivity index (χ1n) is 8.41. The van der Waals surface area contributed by atoms with Gasteiger partial charge in [0.25, 0.3) is 0 Å². The molecule has 26 heavy (non-hydrogen) atoms. The second-order valence-electron chi connectivity index (χ2n) is 7.47. The van der Waals surface area contributed by atoms with Crippen molar-refractivity contribution in [3.8, 4) is 0 Å². The fourth-order valence-electron chi connectivity index (χ4n) is 2.98. The Hall–Kier alpha value is -2.87. The largest absolute Gasteiger partial charge is 0.444 e. The molecule has 138 valence electrons. The van der Waals surface area contributed by atoms with Crippen LogP contribution in [0.2, 0.25) is 0 Å². The maximum Gasteiger partial charge on any atom is 0.410 e. The number of hydrogen-bond donors (Lipinski definition) is 0. The molecule has 1 atom stereocenters. The van der Waals surface area contributed by atoms with Crippen molar-refractivity contribution in [2.24, 2.45) is 11.0 Å². The highest BCUT2D eigenvalue weighted by molar-refractivity contribution is 5.94. The molecule has 2 aliphatic heterocycles. The Morgan fingerprint density at radius 2 is 2.23 bits per heavy atom. The van der Waals surface area contributed by atoms with Crippen molar-refractivity contribution in [3.05, 3.63) is 27.9 Å². The van der Waals surface area contributed by atoms with Gasteiger partial charge in [-0.25, -0.2) is 14.8 Å². The topological polar surface area (TPSA) is 124 Å². The normalized spacial score (nSPS) is 19.3. The standard InChI is InChI=1S/C16H21N7O3/c1-16(2,3)26-15(25)22-8-11-6-18-14(20-12(11)9-22)23-7-10(4-13(23)24)5-19-21-17/h6,10H,4-5,7-9H2,1-3H3. The van der Waals surface area contributed by atoms with Crippen molar-refractivity contribution in [1.82, 2.24) is 14.9 Å². The summed E-state index contributed by atoms with van der Waals surface area (Å²) in [6.45, 7) is 6.86. The van der Waals surface area contributed by atoms with E-state index in [0.717, 1.165) is 5.56 Å². The highest BCUT2D eigenvalue weighted by Gasteiger charge is 2.34. The average molecular weight is 359 g/mol. The Morgan fingerprint density at radius 3 is 2.92 bits per heavy atom. The fraction of sp³-hybridized carbons (Fsp3) is 0.625. The molecule has 10 heteroatoms. The lowest BCUT2D eigenvalue weighted by molar-refractivity contribution is -0.117. The van der Waals surface area contributed by atoms with Crippen LogP contribution in [0.15, 0.2) is 11.3 Å². The molecular weight excluding hydrogens is 338 g/mol. The van der Waals surface area contributed by atoms with Gasteiger partial charge in [-0.2, -0.15) is 0 Å². The third-order valence-electron chi connectivity index (χ3n) is 4.14. The number of amides is 2. The van der Waals surface area contributed by atoms with Crippen LogP contribution >= 0.6 is 0 Å². The van der Waals surface area contributed by atoms with Gasteiger partial charge in [0.2, 0.25) is 11.9 Å². The third-order valence-corrected chi connectivity index (χ3v) is 4.14. The van der Waals surface area contributed by atoms with E-state index < -0.39 is 11.7 Å². The summed E-state index contributed by atoms with van der Waals surface area (Å²) in [4.78, 5) is 39.0. The van der Waals surface area contributed by atoms with Crippen LogP contribution < -0.4 is 4.90 Å². The first-order valence-corrected chi connectivity index (χ1v) is 8.41. The van der Waals surface area contributed by atoms with Crippen LogP contribution in [-0.2, 0) is 22.6 Å². The highest BCUT2D eigenvalue weighted by Crippen LogP contribution is 2.27. The van der Waals surface area contributed by atoms with Crippen LogP contribution in [0.3, 0.4) is 0 Å². The van der Waals surface area contributed by atoms with E-state index in [9.17, 15) is 9.59 Å². The summed E-state index contributed by atoms with van der Waals surface area (Å²) < 4.78 is 5.39. The van der Waals surface area contributed by atoms with Crippen molar-refractivity contribution in [2.75, 3.05) is 18.0 Å². The van der Waals surface area contributed by atoms with E-state index in [1.54, 1.807) is 11.1 Å². The summed E-state index contributed by atoms with van der Waals surface area (Å²) in [6.07, 6.45) is 1.56. The highest BCUT2D eigenvalue weighted by atomic mass is 16.6. The Bertz CT molecular complexity index is 783. The van der Waals surface area contributed by atoms with Gasteiger partial charge in [0.15, 0.2) is 0 Å². The van der Waals surface area contributed by atoms with Gasteiger partial charge in [-0.1, -0.05) is 5.11 Å². The number of carbonyl (C=O) groups excluding carboxylic acids is 2. The van der Waals surface area contributed by atoms with Crippen molar-refractivity contribution >= 4 is 17.9 Å². The zero-order valence-electron chi connectivity index (χ0n) is 15.0. The number of anilines is 1. The number of aromatic nitrogens is 2. The minimum atomic E-state index is -0.564. The second kappa shape index (κ2) is 6.80. The summed E-state index contributed by atoms with van der Waals surface area (Å²) in [7, 11) is 0. The van der Waals surface area contributed by atoms with Crippen LogP contribution in [0.1, 0.15) is 38.4 Å². The predicted octanol–water partition coefficient (Wildman–Crippen LogP) is 2.39. The van der Waals surface area contributed by atoms with Gasteiger partial charge in [-0.15, -0.1) is 0 Å². The number of fused-ring (bicyclic) bond motifs is 1. The Labute approximate surface area is 150 Å². The molecule has 1 saturated heterocycles. The zero-order valence-corrected chi connectivity index (χ0v) is 15.0. The van der Waals surface area contributed by atoms with Gasteiger partial charge in [0.1, 0.15) is 5.60 Å². The Morgan fingerprint density at radius 1 is 1.46 bits per heavy atom. The smallest absolute Gasteiger partial charge is 0.410 e. The lowest BCUT2D eigenvalue weighted by atomic mass is 10.1. The molecule has 0 spiro atoms. The van der Waals surface area contributed by atoms with Crippen molar-refractivity contribution in [3.63, 3.8) is 0 Å². The molecule has 0 N–H and O–H groups in total. The van der Waals surface area contributed by atoms with Gasteiger partial charge >= 0.3 is 6.09 Å². The van der Waals surface area contributed by atoms with Crippen LogP contribution in [-0.4, -0.2) is 45.6 Å². The van der Waals surface area contributed by atoms with Gasteiger partial charge < -0.3 is 4.74 Å². The molecule has 3 heterocycles. The summed E-state index contributed by atoms with van der Waals surface area (Å²) in [5.41, 5.74) is 9.41. The lowest BCUT2D eigenvalue weighted by Gasteiger charge is -2.23. The zero-order chi connectivity index (χ0) is 18.9. The van der Waals surface area contributed by atoms with Crippen molar-refractivity contribution in [1.29, 1.82) is 0 Å². The second-order valence-corrected chi connectivity index (χ2v) is 7.47. The summed E-state index contributed by atoms with van der Waals surface area (Å²) >= 11 is 0. The lowest BCUT2D eigenvalue weighted by Crippen LogP contribution is -2.33. The first kappa shape index (κ1) is 17.9. The fourth-order valence-corrected chi connectivity index (χ4v) is 2.98. The number of rotatable bonds is 3. The quantitative estimate of drug-likeness (QED) is 0.465. The summed E-state index contributed by atoms with van der Waals surface area (Å²) in [5, 5.41) is 3.54. The molecule has 0 bridgehead atoms. The van der Waals surface area contributed by atoms with E-state index >= 15 is 0 Å². The molecule has 0 radical (unpaired) electrons. The maximum atomic E-state index is 12.2. The van der Waals surface area contributed by atoms with Gasteiger partial charge in [-0.3, -0.25) is 14.6 Å². The van der Waals surface area contributed by atoms with Gasteiger partial charge in [0.05, 0.1) is 18.8 Å². The number of azide groups is 1. The van der Waals surface area contributed by atoms with E-state index in [2.05, 4.69) is 20.0 Å². The number of hydrogen-bond acceptors (Lipinski definition) is 6. The first-order chi connectivity index (χ1) is 12.3. The van der Waals surface area contributed by atoms with Crippen LogP contribution in [0, 0.1) is 5.92 Å². The van der Waals surface area contributed by atoms with Crippen LogP contribution in [0.5, 0.6) is 0 Å². The summed E-state index contributed by atoms with van der Waals surface area (Å²) in [5.74, 6) is 0.196. The van der Waals surface area contributed by atoms with E-state index in [-0.39, 0.29) is 18.4 Å². The molecule has 2 aliphatic rings. The molecule has 3 rings (SSSR count). The minimum Gasteiger partial charge on any atom is -0.444 e. The number of ether oxygens (including phenoxy) is 1. The molecule has 2 amide bonds. The Balaban J connectivity index is 1.70. The number of carbonyl (C=O) groups is 2. The maximum absolute atomic E-state index is 12.2. The average Bonchev–Trinajstić information content (AvgIpc) is 3.14. The molecule has 1 fully saturated rings. The molecule has 1 unspecified atom stereocenters.